The number of rotatable bonds is 6. The van der Waals surface area contributed by atoms with E-state index in [1.165, 1.54) is 12.1 Å². The van der Waals surface area contributed by atoms with Crippen LogP contribution >= 0.6 is 0 Å². The van der Waals surface area contributed by atoms with E-state index >= 15 is 0 Å². The fourth-order valence-corrected chi connectivity index (χ4v) is 5.16. The number of fused-ring (bicyclic) bond motifs is 2. The van der Waals surface area contributed by atoms with Crippen molar-refractivity contribution in [1.29, 1.82) is 0 Å². The lowest BCUT2D eigenvalue weighted by Crippen LogP contribution is -2.46. The van der Waals surface area contributed by atoms with Crippen LogP contribution in [0.2, 0.25) is 0 Å². The zero-order valence-corrected chi connectivity index (χ0v) is 20.1. The van der Waals surface area contributed by atoms with Crippen molar-refractivity contribution >= 4 is 17.3 Å². The number of carbonyl (C=O) groups excluding carboxylic acids is 1. The third kappa shape index (κ3) is 4.31. The highest BCUT2D eigenvalue weighted by Gasteiger charge is 2.53. The molecule has 188 valence electrons. The third-order valence-corrected chi connectivity index (χ3v) is 7.25. The fourth-order valence-electron chi connectivity index (χ4n) is 5.16. The summed E-state index contributed by atoms with van der Waals surface area (Å²) in [5.74, 6) is -0.271. The molecule has 1 fully saturated rings. The Kier molecular flexibility index (Phi) is 5.49. The lowest BCUT2D eigenvalue weighted by molar-refractivity contribution is -0.286. The zero-order chi connectivity index (χ0) is 25.2. The van der Waals surface area contributed by atoms with Gasteiger partial charge >= 0.3 is 6.29 Å². The van der Waals surface area contributed by atoms with Crippen LogP contribution in [0.4, 0.5) is 20.2 Å². The van der Waals surface area contributed by atoms with Gasteiger partial charge in [-0.25, -0.2) is 0 Å². The molecule has 9 heteroatoms. The van der Waals surface area contributed by atoms with E-state index in [0.717, 1.165) is 17.7 Å². The lowest BCUT2D eigenvalue weighted by atomic mass is 9.84. The first-order valence-corrected chi connectivity index (χ1v) is 11.9. The highest BCUT2D eigenvalue weighted by Crippen LogP contribution is 2.52. The van der Waals surface area contributed by atoms with Gasteiger partial charge < -0.3 is 30.5 Å². The van der Waals surface area contributed by atoms with Gasteiger partial charge in [0.05, 0.1) is 11.5 Å². The SMILES string of the molecule is CC(C)(C)C1Cc2cc(NC(=O)C3(c4ccc5c(c4)OC(F)(F)O5)CC3)ccc2N1C[C@@H](O)CN. The van der Waals surface area contributed by atoms with Gasteiger partial charge in [0, 0.05) is 30.5 Å². The standard InChI is InChI=1S/C26H31F2N3O4/c1-24(2,3)22-11-15-10-17(5-6-19(15)31(22)14-18(32)13-29)30-23(33)25(8-9-25)16-4-7-20-21(12-16)35-26(27,28)34-20/h4-7,10,12,18,22,32H,8-9,11,13-14,29H2,1-3H3,(H,30,33)/t18-,22?/m0/s1. The molecule has 1 unspecified atom stereocenters. The lowest BCUT2D eigenvalue weighted by Gasteiger charge is -2.37. The average Bonchev–Trinajstić information content (AvgIpc) is 3.42. The van der Waals surface area contributed by atoms with Crippen molar-refractivity contribution < 1.29 is 28.2 Å². The van der Waals surface area contributed by atoms with E-state index in [-0.39, 0.29) is 35.4 Å². The Bertz CT molecular complexity index is 1160. The molecule has 5 rings (SSSR count). The van der Waals surface area contributed by atoms with E-state index in [1.54, 1.807) is 6.07 Å². The van der Waals surface area contributed by atoms with Crippen molar-refractivity contribution in [3.8, 4) is 11.5 Å². The van der Waals surface area contributed by atoms with Crippen molar-refractivity contribution in [2.45, 2.75) is 63.9 Å². The van der Waals surface area contributed by atoms with Crippen molar-refractivity contribution in [3.63, 3.8) is 0 Å². The molecule has 1 saturated carbocycles. The van der Waals surface area contributed by atoms with E-state index in [4.69, 9.17) is 5.73 Å². The number of carbonyl (C=O) groups is 1. The van der Waals surface area contributed by atoms with E-state index in [9.17, 15) is 18.7 Å². The summed E-state index contributed by atoms with van der Waals surface area (Å²) in [5.41, 5.74) is 8.31. The fraction of sp³-hybridized carbons (Fsp3) is 0.500. The number of nitrogens with zero attached hydrogens (tertiary/aromatic N) is 1. The number of hydrogen-bond acceptors (Lipinski definition) is 6. The predicted octanol–water partition coefficient (Wildman–Crippen LogP) is 3.78. The van der Waals surface area contributed by atoms with Crippen molar-refractivity contribution in [2.75, 3.05) is 23.3 Å². The normalized spacial score (nSPS) is 22.0. The minimum Gasteiger partial charge on any atom is -0.395 e. The Morgan fingerprint density at radius 3 is 2.57 bits per heavy atom. The Morgan fingerprint density at radius 1 is 1.20 bits per heavy atom. The molecule has 1 aliphatic carbocycles. The van der Waals surface area contributed by atoms with Crippen LogP contribution in [0.1, 0.15) is 44.7 Å². The maximum Gasteiger partial charge on any atom is 0.586 e. The van der Waals surface area contributed by atoms with Crippen LogP contribution in [-0.4, -0.2) is 42.5 Å². The van der Waals surface area contributed by atoms with Gasteiger partial charge in [0.25, 0.3) is 0 Å². The second-order valence-corrected chi connectivity index (χ2v) is 10.8. The van der Waals surface area contributed by atoms with Crippen LogP contribution in [0, 0.1) is 5.41 Å². The Hall–Kier alpha value is -2.91. The topological polar surface area (TPSA) is 97.0 Å². The molecular formula is C26H31F2N3O4. The summed E-state index contributed by atoms with van der Waals surface area (Å²) in [6.07, 6.45) is -2.28. The van der Waals surface area contributed by atoms with Crippen LogP contribution in [-0.2, 0) is 16.6 Å². The van der Waals surface area contributed by atoms with Gasteiger partial charge in [-0.15, -0.1) is 8.78 Å². The first kappa shape index (κ1) is 23.8. The van der Waals surface area contributed by atoms with E-state index in [2.05, 4.69) is 40.5 Å². The minimum atomic E-state index is -3.69. The van der Waals surface area contributed by atoms with E-state index in [1.807, 2.05) is 18.2 Å². The summed E-state index contributed by atoms with van der Waals surface area (Å²) < 4.78 is 35.9. The smallest absolute Gasteiger partial charge is 0.395 e. The molecule has 35 heavy (non-hydrogen) atoms. The molecule has 3 aliphatic rings. The number of nitrogens with two attached hydrogens (primary N) is 1. The van der Waals surface area contributed by atoms with E-state index < -0.39 is 17.8 Å². The Morgan fingerprint density at radius 2 is 1.91 bits per heavy atom. The summed E-state index contributed by atoms with van der Waals surface area (Å²) in [5, 5.41) is 13.2. The quantitative estimate of drug-likeness (QED) is 0.574. The number of aliphatic hydroxyl groups excluding tert-OH is 1. The Balaban J connectivity index is 1.36. The van der Waals surface area contributed by atoms with Crippen molar-refractivity contribution in [2.24, 2.45) is 11.1 Å². The van der Waals surface area contributed by atoms with Crippen LogP contribution in [0.5, 0.6) is 11.5 Å². The summed E-state index contributed by atoms with van der Waals surface area (Å²) in [6, 6.07) is 10.5. The van der Waals surface area contributed by atoms with Crippen LogP contribution in [0.15, 0.2) is 36.4 Å². The molecule has 0 spiro atoms. The molecule has 1 amide bonds. The van der Waals surface area contributed by atoms with Gasteiger partial charge in [-0.05, 0) is 66.1 Å². The number of hydrogen-bond donors (Lipinski definition) is 3. The number of halogens is 2. The van der Waals surface area contributed by atoms with Crippen molar-refractivity contribution in [3.05, 3.63) is 47.5 Å². The number of β-amino-alcohol motifs (C(OH)–C–C–N with tert-alkyl or cyclic N) is 1. The van der Waals surface area contributed by atoms with Gasteiger partial charge in [0.15, 0.2) is 11.5 Å². The first-order valence-electron chi connectivity index (χ1n) is 11.9. The highest BCUT2D eigenvalue weighted by atomic mass is 19.3. The average molecular weight is 488 g/mol. The largest absolute Gasteiger partial charge is 0.586 e. The molecule has 2 atom stereocenters. The molecule has 0 aromatic heterocycles. The molecule has 0 radical (unpaired) electrons. The van der Waals surface area contributed by atoms with Gasteiger partial charge in [-0.3, -0.25) is 4.79 Å². The molecule has 2 heterocycles. The van der Waals surface area contributed by atoms with Gasteiger partial charge in [-0.2, -0.15) is 0 Å². The van der Waals surface area contributed by atoms with Gasteiger partial charge in [0.2, 0.25) is 5.91 Å². The summed E-state index contributed by atoms with van der Waals surface area (Å²) in [6.45, 7) is 7.16. The second kappa shape index (κ2) is 8.06. The summed E-state index contributed by atoms with van der Waals surface area (Å²) in [4.78, 5) is 15.5. The number of nitrogens with one attached hydrogen (secondary N) is 1. The molecule has 2 aromatic carbocycles. The Labute approximate surface area is 203 Å². The predicted molar refractivity (Wildman–Crippen MR) is 128 cm³/mol. The minimum absolute atomic E-state index is 0.0228. The maximum atomic E-state index is 13.4. The highest BCUT2D eigenvalue weighted by molar-refractivity contribution is 6.01. The number of benzene rings is 2. The van der Waals surface area contributed by atoms with Crippen LogP contribution < -0.4 is 25.4 Å². The molecule has 2 aliphatic heterocycles. The number of anilines is 2. The number of alkyl halides is 2. The molecule has 2 aromatic rings. The monoisotopic (exact) mass is 487 g/mol. The number of ether oxygens (including phenoxy) is 2. The zero-order valence-electron chi connectivity index (χ0n) is 20.1. The molecule has 0 saturated heterocycles. The van der Waals surface area contributed by atoms with Crippen LogP contribution in [0.3, 0.4) is 0 Å². The van der Waals surface area contributed by atoms with Gasteiger partial charge in [0.1, 0.15) is 0 Å². The molecular weight excluding hydrogens is 456 g/mol. The second-order valence-electron chi connectivity index (χ2n) is 10.8. The number of aliphatic hydroxyl groups is 1. The summed E-state index contributed by atoms with van der Waals surface area (Å²) in [7, 11) is 0. The van der Waals surface area contributed by atoms with Gasteiger partial charge in [-0.1, -0.05) is 26.8 Å². The molecule has 0 bridgehead atoms. The molecule has 4 N–H and O–H groups in total. The summed E-state index contributed by atoms with van der Waals surface area (Å²) >= 11 is 0. The number of amides is 1. The van der Waals surface area contributed by atoms with E-state index in [0.29, 0.717) is 30.6 Å². The maximum absolute atomic E-state index is 13.4. The van der Waals surface area contributed by atoms with Crippen LogP contribution in [0.25, 0.3) is 0 Å². The third-order valence-electron chi connectivity index (χ3n) is 7.25. The first-order chi connectivity index (χ1) is 16.4. The molecule has 7 nitrogen and oxygen atoms in total. The van der Waals surface area contributed by atoms with Crippen molar-refractivity contribution in [1.82, 2.24) is 0 Å².